The summed E-state index contributed by atoms with van der Waals surface area (Å²) >= 11 is 0. The van der Waals surface area contributed by atoms with Crippen LogP contribution < -0.4 is 10.5 Å². The molecule has 3 N–H and O–H groups in total. The van der Waals surface area contributed by atoms with E-state index in [9.17, 15) is 9.90 Å². The molecule has 3 rings (SSSR count). The van der Waals surface area contributed by atoms with Gasteiger partial charge in [0.1, 0.15) is 0 Å². The van der Waals surface area contributed by atoms with E-state index in [1.54, 1.807) is 6.07 Å². The number of rotatable bonds is 5. The summed E-state index contributed by atoms with van der Waals surface area (Å²) in [6.07, 6.45) is 0.203. The van der Waals surface area contributed by atoms with Gasteiger partial charge in [0.25, 0.3) is 0 Å². The van der Waals surface area contributed by atoms with E-state index < -0.39 is 0 Å². The molecule has 0 saturated heterocycles. The van der Waals surface area contributed by atoms with Crippen LogP contribution in [0, 0.1) is 6.92 Å². The third-order valence-corrected chi connectivity index (χ3v) is 4.03. The molecule has 0 aliphatic carbocycles. The number of aryl methyl sites for hydroxylation is 1. The molecule has 128 valence electrons. The smallest absolute Gasteiger partial charge is 0.221 e. The number of carbonyl (C=O) groups excluding carboxylic acids is 1. The second-order valence-electron chi connectivity index (χ2n) is 5.90. The second kappa shape index (κ2) is 6.81. The van der Waals surface area contributed by atoms with Crippen LogP contribution >= 0.6 is 0 Å². The van der Waals surface area contributed by atoms with Crippen molar-refractivity contribution in [1.29, 1.82) is 0 Å². The monoisotopic (exact) mass is 336 g/mol. The van der Waals surface area contributed by atoms with Crippen LogP contribution in [0.1, 0.15) is 18.1 Å². The Labute approximate surface area is 146 Å². The molecule has 5 heteroatoms. The van der Waals surface area contributed by atoms with Crippen molar-refractivity contribution in [3.8, 4) is 22.8 Å². The van der Waals surface area contributed by atoms with Crippen LogP contribution in [0.5, 0.6) is 11.5 Å². The molecule has 1 heterocycles. The lowest BCUT2D eigenvalue weighted by atomic mass is 10.0. The lowest BCUT2D eigenvalue weighted by Crippen LogP contribution is -2.13. The minimum atomic E-state index is -0.362. The third kappa shape index (κ3) is 3.40. The zero-order chi connectivity index (χ0) is 18.0. The van der Waals surface area contributed by atoms with Gasteiger partial charge in [-0.15, -0.1) is 0 Å². The minimum absolute atomic E-state index is 0.0842. The summed E-state index contributed by atoms with van der Waals surface area (Å²) in [7, 11) is 0. The van der Waals surface area contributed by atoms with Gasteiger partial charge in [-0.2, -0.15) is 0 Å². The summed E-state index contributed by atoms with van der Waals surface area (Å²) in [5, 5.41) is 11.4. The van der Waals surface area contributed by atoms with Gasteiger partial charge in [-0.05, 0) is 55.3 Å². The first kappa shape index (κ1) is 16.8. The molecule has 0 unspecified atom stereocenters. The van der Waals surface area contributed by atoms with Crippen molar-refractivity contribution in [3.05, 3.63) is 53.6 Å². The van der Waals surface area contributed by atoms with Gasteiger partial charge in [-0.1, -0.05) is 12.1 Å². The van der Waals surface area contributed by atoms with Crippen LogP contribution in [-0.2, 0) is 11.2 Å². The summed E-state index contributed by atoms with van der Waals surface area (Å²) in [6, 6.07) is 12.9. The van der Waals surface area contributed by atoms with Gasteiger partial charge < -0.3 is 15.6 Å². The van der Waals surface area contributed by atoms with Crippen LogP contribution in [0.25, 0.3) is 22.2 Å². The normalized spacial score (nSPS) is 10.8. The van der Waals surface area contributed by atoms with Crippen LogP contribution in [0.4, 0.5) is 0 Å². The predicted octanol–water partition coefficient (Wildman–Crippen LogP) is 3.34. The number of primary amides is 1. The number of benzene rings is 2. The molecule has 1 aromatic heterocycles. The molecule has 0 atom stereocenters. The summed E-state index contributed by atoms with van der Waals surface area (Å²) in [6.45, 7) is 4.32. The quantitative estimate of drug-likeness (QED) is 0.748. The van der Waals surface area contributed by atoms with E-state index in [-0.39, 0.29) is 18.1 Å². The number of para-hydroxylation sites is 1. The molecule has 1 amide bonds. The lowest BCUT2D eigenvalue weighted by molar-refractivity contribution is -0.117. The number of hydrogen-bond donors (Lipinski definition) is 2. The summed E-state index contributed by atoms with van der Waals surface area (Å²) in [5.74, 6) is 0.163. The number of nitrogens with two attached hydrogens (primary N) is 1. The van der Waals surface area contributed by atoms with E-state index in [0.717, 1.165) is 22.0 Å². The highest BCUT2D eigenvalue weighted by molar-refractivity contribution is 5.87. The zero-order valence-corrected chi connectivity index (χ0v) is 14.2. The molecule has 0 radical (unpaired) electrons. The molecule has 3 aromatic rings. The van der Waals surface area contributed by atoms with Gasteiger partial charge in [0, 0.05) is 10.9 Å². The Balaban J connectivity index is 2.10. The van der Waals surface area contributed by atoms with E-state index in [0.29, 0.717) is 23.6 Å². The average Bonchev–Trinajstić information content (AvgIpc) is 2.57. The Morgan fingerprint density at radius 1 is 1.24 bits per heavy atom. The molecule has 0 aliphatic rings. The molecular formula is C20H20N2O3. The van der Waals surface area contributed by atoms with Crippen LogP contribution in [-0.4, -0.2) is 22.6 Å². The van der Waals surface area contributed by atoms with Crippen molar-refractivity contribution < 1.29 is 14.6 Å². The van der Waals surface area contributed by atoms with Crippen molar-refractivity contribution in [2.24, 2.45) is 5.73 Å². The number of carbonyl (C=O) groups is 1. The largest absolute Gasteiger partial charge is 0.504 e. The first-order valence-electron chi connectivity index (χ1n) is 8.13. The number of pyridine rings is 1. The predicted molar refractivity (Wildman–Crippen MR) is 97.6 cm³/mol. The number of hydrogen-bond acceptors (Lipinski definition) is 4. The molecule has 0 spiro atoms. The molecule has 5 nitrogen and oxygen atoms in total. The molecular weight excluding hydrogens is 316 g/mol. The first-order chi connectivity index (χ1) is 12.0. The topological polar surface area (TPSA) is 85.4 Å². The number of phenols is 1. The number of aromatic hydroxyl groups is 1. The Kier molecular flexibility index (Phi) is 4.57. The highest BCUT2D eigenvalue weighted by Gasteiger charge is 2.13. The maximum atomic E-state index is 11.1. The second-order valence-corrected chi connectivity index (χ2v) is 5.90. The number of aromatic nitrogens is 1. The Hall–Kier alpha value is -3.08. The molecule has 25 heavy (non-hydrogen) atoms. The van der Waals surface area contributed by atoms with E-state index in [1.165, 1.54) is 0 Å². The van der Waals surface area contributed by atoms with Crippen molar-refractivity contribution in [2.45, 2.75) is 20.3 Å². The highest BCUT2D eigenvalue weighted by Crippen LogP contribution is 2.37. The molecule has 0 aliphatic heterocycles. The molecule has 0 bridgehead atoms. The zero-order valence-electron chi connectivity index (χ0n) is 14.2. The SMILES string of the molecule is CCOc1cccc(-c2cc(C)c3cc(CC(N)=O)ccc3n2)c1O. The van der Waals surface area contributed by atoms with E-state index >= 15 is 0 Å². The fourth-order valence-electron chi connectivity index (χ4n) is 2.89. The van der Waals surface area contributed by atoms with Gasteiger partial charge in [-0.25, -0.2) is 4.98 Å². The van der Waals surface area contributed by atoms with Gasteiger partial charge in [0.2, 0.25) is 5.91 Å². The number of fused-ring (bicyclic) bond motifs is 1. The van der Waals surface area contributed by atoms with Crippen molar-refractivity contribution in [2.75, 3.05) is 6.61 Å². The Morgan fingerprint density at radius 2 is 2.04 bits per heavy atom. The maximum absolute atomic E-state index is 11.1. The van der Waals surface area contributed by atoms with E-state index in [1.807, 2.05) is 50.2 Å². The number of amides is 1. The Bertz CT molecular complexity index is 951. The van der Waals surface area contributed by atoms with E-state index in [4.69, 9.17) is 10.5 Å². The van der Waals surface area contributed by atoms with E-state index in [2.05, 4.69) is 4.98 Å². The van der Waals surface area contributed by atoms with Gasteiger partial charge >= 0.3 is 0 Å². The maximum Gasteiger partial charge on any atom is 0.221 e. The highest BCUT2D eigenvalue weighted by atomic mass is 16.5. The molecule has 2 aromatic carbocycles. The van der Waals surface area contributed by atoms with Crippen LogP contribution in [0.15, 0.2) is 42.5 Å². The minimum Gasteiger partial charge on any atom is -0.504 e. The summed E-state index contributed by atoms with van der Waals surface area (Å²) in [4.78, 5) is 15.8. The van der Waals surface area contributed by atoms with Gasteiger partial charge in [-0.3, -0.25) is 4.79 Å². The fraction of sp³-hybridized carbons (Fsp3) is 0.200. The van der Waals surface area contributed by atoms with Crippen molar-refractivity contribution in [1.82, 2.24) is 4.98 Å². The van der Waals surface area contributed by atoms with Crippen molar-refractivity contribution >= 4 is 16.8 Å². The fourth-order valence-corrected chi connectivity index (χ4v) is 2.89. The van der Waals surface area contributed by atoms with Crippen LogP contribution in [0.2, 0.25) is 0 Å². The van der Waals surface area contributed by atoms with Crippen molar-refractivity contribution in [3.63, 3.8) is 0 Å². The molecule has 0 fully saturated rings. The standard InChI is InChI=1S/C20H20N2O3/c1-3-25-18-6-4-5-14(20(18)24)17-9-12(2)15-10-13(11-19(21)23)7-8-16(15)22-17/h4-10,24H,3,11H2,1-2H3,(H2,21,23). The third-order valence-electron chi connectivity index (χ3n) is 4.03. The number of phenolic OH excluding ortho intramolecular Hbond substituents is 1. The number of nitrogens with zero attached hydrogens (tertiary/aromatic N) is 1. The number of ether oxygens (including phenoxy) is 1. The molecule has 0 saturated carbocycles. The average molecular weight is 336 g/mol. The summed E-state index contributed by atoms with van der Waals surface area (Å²) < 4.78 is 5.45. The first-order valence-corrected chi connectivity index (χ1v) is 8.13. The van der Waals surface area contributed by atoms with Gasteiger partial charge in [0.05, 0.1) is 24.2 Å². The van der Waals surface area contributed by atoms with Gasteiger partial charge in [0.15, 0.2) is 11.5 Å². The lowest BCUT2D eigenvalue weighted by Gasteiger charge is -2.12. The summed E-state index contributed by atoms with van der Waals surface area (Å²) in [5.41, 5.74) is 9.23. The van der Waals surface area contributed by atoms with Crippen LogP contribution in [0.3, 0.4) is 0 Å². The Morgan fingerprint density at radius 3 is 2.76 bits per heavy atom.